The summed E-state index contributed by atoms with van der Waals surface area (Å²) in [6, 6.07) is 8.26. The van der Waals surface area contributed by atoms with Gasteiger partial charge in [-0.1, -0.05) is 23.2 Å². The Morgan fingerprint density at radius 2 is 1.96 bits per heavy atom. The van der Waals surface area contributed by atoms with Gasteiger partial charge < -0.3 is 20.9 Å². The molecule has 144 valence electrons. The molecule has 0 saturated carbocycles. The third-order valence-corrected chi connectivity index (χ3v) is 5.72. The van der Waals surface area contributed by atoms with Crippen molar-refractivity contribution in [1.82, 2.24) is 20.8 Å². The van der Waals surface area contributed by atoms with Crippen LogP contribution in [0.1, 0.15) is 24.1 Å². The van der Waals surface area contributed by atoms with E-state index in [1.165, 1.54) is 0 Å². The summed E-state index contributed by atoms with van der Waals surface area (Å²) in [6.45, 7) is 5.28. The topological polar surface area (TPSA) is 65.1 Å². The van der Waals surface area contributed by atoms with Crippen molar-refractivity contribution in [3.63, 3.8) is 0 Å². The molecule has 0 atom stereocenters. The fourth-order valence-corrected chi connectivity index (χ4v) is 3.98. The molecule has 8 heteroatoms. The zero-order chi connectivity index (χ0) is 18.6. The van der Waals surface area contributed by atoms with Crippen LogP contribution in [0.25, 0.3) is 0 Å². The maximum absolute atomic E-state index is 6.37. The normalized spacial score (nSPS) is 17.5. The molecule has 4 rings (SSSR count). The fourth-order valence-electron chi connectivity index (χ4n) is 3.61. The number of nitrogens with one attached hydrogen (secondary N) is 3. The minimum atomic E-state index is 0.545. The summed E-state index contributed by atoms with van der Waals surface area (Å²) < 4.78 is 0. The summed E-state index contributed by atoms with van der Waals surface area (Å²) in [5.74, 6) is 0.824. The van der Waals surface area contributed by atoms with Gasteiger partial charge in [0.2, 0.25) is 0 Å². The summed E-state index contributed by atoms with van der Waals surface area (Å²) in [7, 11) is 0. The Bertz CT molecular complexity index is 794. The van der Waals surface area contributed by atoms with Crippen LogP contribution in [-0.4, -0.2) is 42.4 Å². The molecule has 0 amide bonds. The molecule has 1 aromatic carbocycles. The highest BCUT2D eigenvalue weighted by molar-refractivity contribution is 6.33. The fraction of sp³-hybridized carbons (Fsp3) is 0.474. The van der Waals surface area contributed by atoms with Gasteiger partial charge in [0.1, 0.15) is 0 Å². The van der Waals surface area contributed by atoms with Crippen molar-refractivity contribution in [2.45, 2.75) is 32.0 Å². The second kappa shape index (κ2) is 8.61. The number of anilines is 2. The van der Waals surface area contributed by atoms with Crippen LogP contribution in [0.2, 0.25) is 10.0 Å². The van der Waals surface area contributed by atoms with Gasteiger partial charge in [0.05, 0.1) is 11.4 Å². The van der Waals surface area contributed by atoms with E-state index in [-0.39, 0.29) is 0 Å². The summed E-state index contributed by atoms with van der Waals surface area (Å²) in [5.41, 5.74) is 3.04. The van der Waals surface area contributed by atoms with E-state index in [1.807, 2.05) is 18.2 Å². The largest absolute Gasteiger partial charge is 0.365 e. The molecule has 0 aliphatic carbocycles. The molecule has 3 N–H and O–H groups in total. The Kier molecular flexibility index (Phi) is 5.98. The molecule has 2 aromatic rings. The molecule has 27 heavy (non-hydrogen) atoms. The Balaban J connectivity index is 1.49. The number of fused-ring (bicyclic) bond motifs is 1. The summed E-state index contributed by atoms with van der Waals surface area (Å²) in [6.07, 6.45) is 2.30. The standard InChI is InChI=1S/C19H24Cl2N6/c20-14-1-2-17(21)13(9-14)12-27-8-7-23-19-18(27)10-16(25-26-19)11-24-15-3-5-22-6-4-15/h1-2,9-10,15,22,24H,3-8,11-12H2,(H,23,26). The van der Waals surface area contributed by atoms with E-state index in [0.29, 0.717) is 17.6 Å². The van der Waals surface area contributed by atoms with E-state index >= 15 is 0 Å². The lowest BCUT2D eigenvalue weighted by molar-refractivity contribution is 0.384. The quantitative estimate of drug-likeness (QED) is 0.708. The number of hydrogen-bond acceptors (Lipinski definition) is 6. The monoisotopic (exact) mass is 406 g/mol. The van der Waals surface area contributed by atoms with Gasteiger partial charge in [0.25, 0.3) is 0 Å². The van der Waals surface area contributed by atoms with Crippen molar-refractivity contribution < 1.29 is 0 Å². The molecule has 1 fully saturated rings. The van der Waals surface area contributed by atoms with Crippen molar-refractivity contribution in [2.75, 3.05) is 36.4 Å². The first-order valence-corrected chi connectivity index (χ1v) is 10.2. The first-order valence-electron chi connectivity index (χ1n) is 9.42. The van der Waals surface area contributed by atoms with Crippen LogP contribution in [0, 0.1) is 0 Å². The zero-order valence-corrected chi connectivity index (χ0v) is 16.7. The first-order chi connectivity index (χ1) is 13.2. The van der Waals surface area contributed by atoms with Crippen LogP contribution in [-0.2, 0) is 13.1 Å². The Morgan fingerprint density at radius 3 is 2.81 bits per heavy atom. The Morgan fingerprint density at radius 1 is 1.11 bits per heavy atom. The van der Waals surface area contributed by atoms with E-state index in [2.05, 4.69) is 37.1 Å². The van der Waals surface area contributed by atoms with Crippen molar-refractivity contribution in [3.05, 3.63) is 45.6 Å². The predicted molar refractivity (Wildman–Crippen MR) is 111 cm³/mol. The predicted octanol–water partition coefficient (Wildman–Crippen LogP) is 3.06. The molecule has 6 nitrogen and oxygen atoms in total. The Hall–Kier alpha value is -1.60. The average Bonchev–Trinajstić information content (AvgIpc) is 2.70. The summed E-state index contributed by atoms with van der Waals surface area (Å²) >= 11 is 12.5. The molecule has 1 aromatic heterocycles. The van der Waals surface area contributed by atoms with Gasteiger partial charge in [-0.2, -0.15) is 5.10 Å². The lowest BCUT2D eigenvalue weighted by atomic mass is 10.1. The third-order valence-electron chi connectivity index (χ3n) is 5.12. The summed E-state index contributed by atoms with van der Waals surface area (Å²) in [4.78, 5) is 2.28. The highest BCUT2D eigenvalue weighted by Gasteiger charge is 2.21. The highest BCUT2D eigenvalue weighted by Crippen LogP contribution is 2.30. The van der Waals surface area contributed by atoms with E-state index in [0.717, 1.165) is 73.4 Å². The molecule has 2 aliphatic rings. The number of aromatic nitrogens is 2. The molecule has 0 spiro atoms. The van der Waals surface area contributed by atoms with Crippen molar-refractivity contribution in [3.8, 4) is 0 Å². The maximum atomic E-state index is 6.37. The molecule has 0 radical (unpaired) electrons. The minimum Gasteiger partial charge on any atom is -0.365 e. The number of rotatable bonds is 5. The number of benzene rings is 1. The van der Waals surface area contributed by atoms with Gasteiger partial charge >= 0.3 is 0 Å². The van der Waals surface area contributed by atoms with E-state index in [4.69, 9.17) is 23.2 Å². The van der Waals surface area contributed by atoms with E-state index in [1.54, 1.807) is 0 Å². The van der Waals surface area contributed by atoms with E-state index < -0.39 is 0 Å². The number of halogens is 2. The van der Waals surface area contributed by atoms with Gasteiger partial charge in [-0.05, 0) is 55.8 Å². The minimum absolute atomic E-state index is 0.545. The molecule has 3 heterocycles. The molecule has 0 bridgehead atoms. The number of hydrogen-bond donors (Lipinski definition) is 3. The first kappa shape index (κ1) is 18.7. The van der Waals surface area contributed by atoms with Gasteiger partial charge in [0.15, 0.2) is 5.82 Å². The van der Waals surface area contributed by atoms with Crippen LogP contribution in [0.5, 0.6) is 0 Å². The number of piperidine rings is 1. The van der Waals surface area contributed by atoms with Crippen molar-refractivity contribution in [2.24, 2.45) is 0 Å². The maximum Gasteiger partial charge on any atom is 0.172 e. The second-order valence-electron chi connectivity index (χ2n) is 7.06. The van der Waals surface area contributed by atoms with Crippen LogP contribution >= 0.6 is 23.2 Å². The van der Waals surface area contributed by atoms with Gasteiger partial charge in [-0.25, -0.2) is 0 Å². The Labute approximate surface area is 169 Å². The van der Waals surface area contributed by atoms with Crippen LogP contribution in [0.4, 0.5) is 11.5 Å². The molecular formula is C19H24Cl2N6. The van der Waals surface area contributed by atoms with Gasteiger partial charge in [-0.15, -0.1) is 5.10 Å². The second-order valence-corrected chi connectivity index (χ2v) is 7.90. The zero-order valence-electron chi connectivity index (χ0n) is 15.1. The average molecular weight is 407 g/mol. The lowest BCUT2D eigenvalue weighted by Crippen LogP contribution is -2.40. The van der Waals surface area contributed by atoms with Crippen LogP contribution < -0.4 is 20.9 Å². The smallest absolute Gasteiger partial charge is 0.172 e. The molecular weight excluding hydrogens is 383 g/mol. The van der Waals surface area contributed by atoms with Gasteiger partial charge in [0, 0.05) is 42.3 Å². The van der Waals surface area contributed by atoms with E-state index in [9.17, 15) is 0 Å². The van der Waals surface area contributed by atoms with Crippen LogP contribution in [0.3, 0.4) is 0 Å². The van der Waals surface area contributed by atoms with Crippen molar-refractivity contribution in [1.29, 1.82) is 0 Å². The van der Waals surface area contributed by atoms with Gasteiger partial charge in [-0.3, -0.25) is 0 Å². The SMILES string of the molecule is Clc1ccc(Cl)c(CN2CCNc3nnc(CNC4CCNCC4)cc32)c1. The van der Waals surface area contributed by atoms with Crippen molar-refractivity contribution >= 4 is 34.7 Å². The molecule has 1 saturated heterocycles. The highest BCUT2D eigenvalue weighted by atomic mass is 35.5. The number of nitrogens with zero attached hydrogens (tertiary/aromatic N) is 3. The lowest BCUT2D eigenvalue weighted by Gasteiger charge is -2.31. The molecule has 2 aliphatic heterocycles. The van der Waals surface area contributed by atoms with Crippen LogP contribution in [0.15, 0.2) is 24.3 Å². The molecule has 0 unspecified atom stereocenters. The summed E-state index contributed by atoms with van der Waals surface area (Å²) in [5, 5.41) is 20.5. The third kappa shape index (κ3) is 4.63.